The zero-order valence-corrected chi connectivity index (χ0v) is 5.38. The van der Waals surface area contributed by atoms with Gasteiger partial charge in [-0.25, -0.2) is 8.78 Å². The predicted octanol–water partition coefficient (Wildman–Crippen LogP) is 2.47. The lowest BCUT2D eigenvalue weighted by Gasteiger charge is -2.14. The standard InChI is InChI=1S/C5H8ClF2/c1-3-5(7,8)4(2)6/h4H,2-3H2,1H3. The van der Waals surface area contributed by atoms with Crippen LogP contribution in [0.4, 0.5) is 8.78 Å². The number of hydrogen-bond donors (Lipinski definition) is 0. The first-order valence-corrected chi connectivity index (χ1v) is 2.79. The molecule has 0 aromatic carbocycles. The van der Waals surface area contributed by atoms with Crippen molar-refractivity contribution in [2.45, 2.75) is 24.6 Å². The molecule has 0 aliphatic carbocycles. The maximum absolute atomic E-state index is 12.1. The van der Waals surface area contributed by atoms with Gasteiger partial charge in [0.15, 0.2) is 0 Å². The molecular formula is C5H8ClF2. The third-order valence-electron chi connectivity index (χ3n) is 0.930. The van der Waals surface area contributed by atoms with Crippen molar-refractivity contribution in [1.82, 2.24) is 0 Å². The van der Waals surface area contributed by atoms with Crippen molar-refractivity contribution < 1.29 is 8.78 Å². The molecular weight excluding hydrogens is 134 g/mol. The van der Waals surface area contributed by atoms with Crippen LogP contribution in [0.1, 0.15) is 13.3 Å². The van der Waals surface area contributed by atoms with Crippen LogP contribution >= 0.6 is 11.6 Å². The van der Waals surface area contributed by atoms with Crippen LogP contribution in [0.2, 0.25) is 0 Å². The molecule has 0 aliphatic heterocycles. The molecule has 0 nitrogen and oxygen atoms in total. The fraction of sp³-hybridized carbons (Fsp3) is 0.800. The van der Waals surface area contributed by atoms with Crippen molar-refractivity contribution in [3.63, 3.8) is 0 Å². The van der Waals surface area contributed by atoms with Crippen LogP contribution in [0.5, 0.6) is 0 Å². The van der Waals surface area contributed by atoms with Gasteiger partial charge in [-0.1, -0.05) is 6.92 Å². The molecule has 0 heterocycles. The molecule has 0 spiro atoms. The van der Waals surface area contributed by atoms with E-state index in [1.54, 1.807) is 0 Å². The van der Waals surface area contributed by atoms with Crippen LogP contribution in [-0.4, -0.2) is 11.3 Å². The lowest BCUT2D eigenvalue weighted by atomic mass is 10.2. The van der Waals surface area contributed by atoms with E-state index < -0.39 is 11.3 Å². The lowest BCUT2D eigenvalue weighted by Crippen LogP contribution is -2.25. The topological polar surface area (TPSA) is 0 Å². The summed E-state index contributed by atoms with van der Waals surface area (Å²) in [5, 5.41) is -1.30. The van der Waals surface area contributed by atoms with Crippen LogP contribution < -0.4 is 0 Å². The van der Waals surface area contributed by atoms with Gasteiger partial charge in [-0.05, 0) is 6.92 Å². The summed E-state index contributed by atoms with van der Waals surface area (Å²) in [6.45, 7) is 4.37. The van der Waals surface area contributed by atoms with Gasteiger partial charge in [0.2, 0.25) is 0 Å². The van der Waals surface area contributed by atoms with Gasteiger partial charge in [0.25, 0.3) is 5.92 Å². The molecule has 0 aromatic heterocycles. The Morgan fingerprint density at radius 3 is 2.12 bits per heavy atom. The molecule has 0 aromatic rings. The Kier molecular flexibility index (Phi) is 2.67. The normalized spacial score (nSPS) is 16.1. The van der Waals surface area contributed by atoms with Crippen molar-refractivity contribution in [2.24, 2.45) is 0 Å². The smallest absolute Gasteiger partial charge is 0.205 e. The Balaban J connectivity index is 3.71. The second-order valence-corrected chi connectivity index (χ2v) is 2.11. The third-order valence-corrected chi connectivity index (χ3v) is 1.25. The number of rotatable bonds is 2. The molecule has 0 amide bonds. The van der Waals surface area contributed by atoms with E-state index in [4.69, 9.17) is 11.6 Å². The Hall–Kier alpha value is 0.150. The minimum absolute atomic E-state index is 0.245. The molecule has 8 heavy (non-hydrogen) atoms. The van der Waals surface area contributed by atoms with Crippen molar-refractivity contribution in [1.29, 1.82) is 0 Å². The Labute approximate surface area is 52.8 Å². The SMILES string of the molecule is [CH2]C(Cl)C(F)(F)CC. The fourth-order valence-electron chi connectivity index (χ4n) is 0.221. The van der Waals surface area contributed by atoms with Gasteiger partial charge in [0.1, 0.15) is 0 Å². The van der Waals surface area contributed by atoms with Crippen LogP contribution in [0, 0.1) is 6.92 Å². The van der Waals surface area contributed by atoms with E-state index in [-0.39, 0.29) is 6.42 Å². The number of alkyl halides is 3. The average Bonchev–Trinajstić information content (AvgIpc) is 1.67. The summed E-state index contributed by atoms with van der Waals surface area (Å²) in [6, 6.07) is 0. The van der Waals surface area contributed by atoms with E-state index in [0.29, 0.717) is 0 Å². The summed E-state index contributed by atoms with van der Waals surface area (Å²) in [7, 11) is 0. The van der Waals surface area contributed by atoms with Crippen LogP contribution in [0.3, 0.4) is 0 Å². The first-order valence-electron chi connectivity index (χ1n) is 2.35. The first-order chi connectivity index (χ1) is 3.50. The van der Waals surface area contributed by atoms with Gasteiger partial charge in [0, 0.05) is 6.42 Å². The van der Waals surface area contributed by atoms with Gasteiger partial charge in [-0.2, -0.15) is 0 Å². The first kappa shape index (κ1) is 8.15. The van der Waals surface area contributed by atoms with Crippen LogP contribution in [-0.2, 0) is 0 Å². The Morgan fingerprint density at radius 1 is 1.75 bits per heavy atom. The summed E-state index contributed by atoms with van der Waals surface area (Å²) in [6.07, 6.45) is -0.245. The van der Waals surface area contributed by atoms with Gasteiger partial charge in [0.05, 0.1) is 5.38 Å². The number of hydrogen-bond acceptors (Lipinski definition) is 0. The zero-order chi connectivity index (χ0) is 6.78. The summed E-state index contributed by atoms with van der Waals surface area (Å²) in [5.74, 6) is -2.80. The van der Waals surface area contributed by atoms with Crippen LogP contribution in [0.25, 0.3) is 0 Å². The molecule has 0 N–H and O–H groups in total. The second kappa shape index (κ2) is 2.62. The summed E-state index contributed by atoms with van der Waals surface area (Å²) in [4.78, 5) is 0. The van der Waals surface area contributed by atoms with E-state index in [9.17, 15) is 8.78 Å². The summed E-state index contributed by atoms with van der Waals surface area (Å²) >= 11 is 5.01. The number of halogens is 3. The molecule has 0 saturated carbocycles. The average molecular weight is 142 g/mol. The van der Waals surface area contributed by atoms with E-state index in [1.165, 1.54) is 6.92 Å². The molecule has 0 fully saturated rings. The van der Waals surface area contributed by atoms with Gasteiger partial charge in [-0.15, -0.1) is 11.6 Å². The molecule has 3 heteroatoms. The van der Waals surface area contributed by atoms with E-state index >= 15 is 0 Å². The summed E-state index contributed by atoms with van der Waals surface area (Å²) in [5.41, 5.74) is 0. The molecule has 1 atom stereocenters. The van der Waals surface area contributed by atoms with Gasteiger partial charge >= 0.3 is 0 Å². The maximum Gasteiger partial charge on any atom is 0.263 e. The highest BCUT2D eigenvalue weighted by atomic mass is 35.5. The Bertz CT molecular complexity index is 70.8. The molecule has 0 aliphatic rings. The molecule has 0 rings (SSSR count). The zero-order valence-electron chi connectivity index (χ0n) is 4.63. The van der Waals surface area contributed by atoms with Crippen molar-refractivity contribution >= 4 is 11.6 Å². The molecule has 0 bridgehead atoms. The molecule has 1 unspecified atom stereocenters. The maximum atomic E-state index is 12.1. The highest BCUT2D eigenvalue weighted by Crippen LogP contribution is 2.25. The highest BCUT2D eigenvalue weighted by molar-refractivity contribution is 6.21. The molecule has 0 saturated heterocycles. The fourth-order valence-corrected chi connectivity index (χ4v) is 0.376. The van der Waals surface area contributed by atoms with Gasteiger partial charge < -0.3 is 0 Å². The van der Waals surface area contributed by atoms with E-state index in [2.05, 4.69) is 6.92 Å². The van der Waals surface area contributed by atoms with Crippen molar-refractivity contribution in [3.8, 4) is 0 Å². The van der Waals surface area contributed by atoms with Gasteiger partial charge in [-0.3, -0.25) is 0 Å². The van der Waals surface area contributed by atoms with E-state index in [0.717, 1.165) is 0 Å². The Morgan fingerprint density at radius 2 is 2.12 bits per heavy atom. The lowest BCUT2D eigenvalue weighted by molar-refractivity contribution is 0.00350. The van der Waals surface area contributed by atoms with Crippen molar-refractivity contribution in [2.75, 3.05) is 0 Å². The molecule has 1 radical (unpaired) electrons. The monoisotopic (exact) mass is 141 g/mol. The second-order valence-electron chi connectivity index (χ2n) is 1.58. The summed E-state index contributed by atoms with van der Waals surface area (Å²) < 4.78 is 24.2. The predicted molar refractivity (Wildman–Crippen MR) is 30.2 cm³/mol. The largest absolute Gasteiger partial charge is 0.263 e. The van der Waals surface area contributed by atoms with Crippen molar-refractivity contribution in [3.05, 3.63) is 6.92 Å². The minimum atomic E-state index is -2.80. The van der Waals surface area contributed by atoms with Crippen LogP contribution in [0.15, 0.2) is 0 Å². The highest BCUT2D eigenvalue weighted by Gasteiger charge is 2.32. The quantitative estimate of drug-likeness (QED) is 0.519. The third kappa shape index (κ3) is 1.95. The minimum Gasteiger partial charge on any atom is -0.205 e. The van der Waals surface area contributed by atoms with E-state index in [1.807, 2.05) is 0 Å². The molecule has 49 valence electrons.